The van der Waals surface area contributed by atoms with Crippen LogP contribution in [0, 0.1) is 12.3 Å². The maximum atomic E-state index is 13.1. The highest BCUT2D eigenvalue weighted by atomic mass is 16.7. The van der Waals surface area contributed by atoms with Gasteiger partial charge in [-0.1, -0.05) is 5.92 Å². The van der Waals surface area contributed by atoms with Crippen LogP contribution in [-0.4, -0.2) is 124 Å². The van der Waals surface area contributed by atoms with Gasteiger partial charge in [0.15, 0.2) is 12.2 Å². The second kappa shape index (κ2) is 18.2. The molecule has 0 aromatic heterocycles. The standard InChI is InChI=1S/C25H38N2O14/c1-6-7-35-8-9-36-10-11-37-25(24(33)34-5)12-18(38-15(2)29)21(27-20(32)14-28)23(41-25)22(40-17(4)31)19(13-26)39-16(3)30/h1,18-19,21-23,28H,7-14,26H2,2-5H3,(H,27,32)/t18-,19+,21+,22?,23+,25+/m0/s1. The zero-order chi connectivity index (χ0) is 31.0. The number of carbonyl (C=O) groups excluding carboxylic acids is 5. The maximum absolute atomic E-state index is 13.1. The van der Waals surface area contributed by atoms with Crippen molar-refractivity contribution in [2.75, 3.05) is 53.3 Å². The molecule has 6 atom stereocenters. The van der Waals surface area contributed by atoms with Gasteiger partial charge in [0.2, 0.25) is 5.91 Å². The molecule has 0 aliphatic carbocycles. The number of hydrogen-bond acceptors (Lipinski definition) is 15. The second-order valence-corrected chi connectivity index (χ2v) is 8.61. The zero-order valence-electron chi connectivity index (χ0n) is 23.5. The molecule has 1 fully saturated rings. The molecule has 1 amide bonds. The van der Waals surface area contributed by atoms with E-state index < -0.39 is 85.6 Å². The predicted molar refractivity (Wildman–Crippen MR) is 135 cm³/mol. The molecule has 1 heterocycles. The summed E-state index contributed by atoms with van der Waals surface area (Å²) in [4.78, 5) is 61.4. The Morgan fingerprint density at radius 2 is 1.68 bits per heavy atom. The Bertz CT molecular complexity index is 938. The monoisotopic (exact) mass is 590 g/mol. The number of ether oxygens (including phenoxy) is 8. The van der Waals surface area contributed by atoms with E-state index >= 15 is 0 Å². The van der Waals surface area contributed by atoms with Crippen LogP contribution in [0.3, 0.4) is 0 Å². The molecule has 0 saturated carbocycles. The van der Waals surface area contributed by atoms with E-state index in [2.05, 4.69) is 11.2 Å². The third-order valence-corrected chi connectivity index (χ3v) is 5.50. The minimum atomic E-state index is -2.29. The number of aliphatic hydroxyl groups is 1. The number of methoxy groups -OCH3 is 1. The normalized spacial score (nSPS) is 23.3. The number of amides is 1. The van der Waals surface area contributed by atoms with E-state index in [1.807, 2.05) is 0 Å². The van der Waals surface area contributed by atoms with Crippen molar-refractivity contribution in [2.24, 2.45) is 5.73 Å². The molecule has 16 nitrogen and oxygen atoms in total. The smallest absolute Gasteiger partial charge is 0.366 e. The van der Waals surface area contributed by atoms with Gasteiger partial charge in [-0.25, -0.2) is 4.79 Å². The van der Waals surface area contributed by atoms with Crippen LogP contribution in [0.15, 0.2) is 0 Å². The van der Waals surface area contributed by atoms with E-state index in [0.717, 1.165) is 27.9 Å². The molecule has 1 unspecified atom stereocenters. The first-order valence-corrected chi connectivity index (χ1v) is 12.6. The lowest BCUT2D eigenvalue weighted by Crippen LogP contribution is -2.69. The molecule has 0 spiro atoms. The Kier molecular flexibility index (Phi) is 15.8. The summed E-state index contributed by atoms with van der Waals surface area (Å²) in [5, 5.41) is 11.8. The number of terminal acetylenes is 1. The van der Waals surface area contributed by atoms with Crippen LogP contribution in [0.2, 0.25) is 0 Å². The molecule has 1 aliphatic rings. The Morgan fingerprint density at radius 3 is 2.22 bits per heavy atom. The van der Waals surface area contributed by atoms with Crippen LogP contribution in [-0.2, 0) is 61.9 Å². The third kappa shape index (κ3) is 11.6. The summed E-state index contributed by atoms with van der Waals surface area (Å²) >= 11 is 0. The van der Waals surface area contributed by atoms with E-state index in [9.17, 15) is 29.1 Å². The van der Waals surface area contributed by atoms with E-state index in [4.69, 9.17) is 50.1 Å². The van der Waals surface area contributed by atoms with Gasteiger partial charge in [-0.15, -0.1) is 6.42 Å². The highest BCUT2D eigenvalue weighted by Crippen LogP contribution is 2.36. The van der Waals surface area contributed by atoms with Gasteiger partial charge < -0.3 is 54.1 Å². The van der Waals surface area contributed by atoms with Crippen molar-refractivity contribution in [3.63, 3.8) is 0 Å². The molecular formula is C25H38N2O14. The summed E-state index contributed by atoms with van der Waals surface area (Å²) in [5.74, 6) is -4.45. The van der Waals surface area contributed by atoms with Crippen molar-refractivity contribution >= 4 is 29.8 Å². The topological polar surface area (TPSA) is 217 Å². The number of nitrogens with one attached hydrogen (secondary N) is 1. The SMILES string of the molecule is C#CCOCCOCCO[C@]1(C(=O)OC)C[C@H](OC(C)=O)[C@@H](NC(=O)CO)[C@H](C(OC(C)=O)[C@@H](CN)OC(C)=O)O1. The van der Waals surface area contributed by atoms with E-state index in [0.29, 0.717) is 0 Å². The number of esters is 4. The van der Waals surface area contributed by atoms with Gasteiger partial charge >= 0.3 is 23.9 Å². The second-order valence-electron chi connectivity index (χ2n) is 8.61. The first-order valence-electron chi connectivity index (χ1n) is 12.6. The molecule has 1 rings (SSSR count). The molecule has 0 radical (unpaired) electrons. The quantitative estimate of drug-likeness (QED) is 0.0694. The van der Waals surface area contributed by atoms with Gasteiger partial charge in [-0.2, -0.15) is 0 Å². The Balaban J connectivity index is 3.52. The molecule has 16 heteroatoms. The van der Waals surface area contributed by atoms with E-state index in [1.165, 1.54) is 0 Å². The molecule has 0 aromatic rings. The molecule has 41 heavy (non-hydrogen) atoms. The van der Waals surface area contributed by atoms with Gasteiger partial charge in [0, 0.05) is 27.3 Å². The first-order chi connectivity index (χ1) is 19.4. The van der Waals surface area contributed by atoms with Gasteiger partial charge in [0.05, 0.1) is 46.0 Å². The fourth-order valence-electron chi connectivity index (χ4n) is 4.01. The fraction of sp³-hybridized carbons (Fsp3) is 0.720. The third-order valence-electron chi connectivity index (χ3n) is 5.50. The lowest BCUT2D eigenvalue weighted by molar-refractivity contribution is -0.315. The predicted octanol–water partition coefficient (Wildman–Crippen LogP) is -2.44. The van der Waals surface area contributed by atoms with Crippen molar-refractivity contribution in [3.8, 4) is 12.3 Å². The van der Waals surface area contributed by atoms with E-state index in [-0.39, 0.29) is 33.0 Å². The Labute approximate surface area is 237 Å². The van der Waals surface area contributed by atoms with Gasteiger partial charge in [0.1, 0.15) is 25.4 Å². The molecule has 0 bridgehead atoms. The highest BCUT2D eigenvalue weighted by Gasteiger charge is 2.59. The zero-order valence-corrected chi connectivity index (χ0v) is 23.5. The van der Waals surface area contributed by atoms with Gasteiger partial charge in [-0.05, 0) is 0 Å². The van der Waals surface area contributed by atoms with Crippen LogP contribution < -0.4 is 11.1 Å². The summed E-state index contributed by atoms with van der Waals surface area (Å²) < 4.78 is 43.3. The molecule has 0 aromatic carbocycles. The first kappa shape index (κ1) is 35.7. The van der Waals surface area contributed by atoms with Crippen LogP contribution in [0.25, 0.3) is 0 Å². The molecular weight excluding hydrogens is 552 g/mol. The number of hydrogen-bond donors (Lipinski definition) is 3. The summed E-state index contributed by atoms with van der Waals surface area (Å²) in [5.41, 5.74) is 5.81. The maximum Gasteiger partial charge on any atom is 0.366 e. The van der Waals surface area contributed by atoms with Crippen molar-refractivity contribution in [2.45, 2.75) is 63.4 Å². The average molecular weight is 591 g/mol. The summed E-state index contributed by atoms with van der Waals surface area (Å²) in [6.45, 7) is 2.01. The van der Waals surface area contributed by atoms with Crippen molar-refractivity contribution in [1.82, 2.24) is 5.32 Å². The van der Waals surface area contributed by atoms with Crippen molar-refractivity contribution in [3.05, 3.63) is 0 Å². The molecule has 1 aliphatic heterocycles. The van der Waals surface area contributed by atoms with Crippen LogP contribution in [0.5, 0.6) is 0 Å². The Morgan fingerprint density at radius 1 is 1.05 bits per heavy atom. The number of rotatable bonds is 17. The summed E-state index contributed by atoms with van der Waals surface area (Å²) in [6.07, 6.45) is -1.29. The molecule has 232 valence electrons. The number of aliphatic hydroxyl groups excluding tert-OH is 1. The van der Waals surface area contributed by atoms with Crippen molar-refractivity contribution < 1.29 is 67.0 Å². The van der Waals surface area contributed by atoms with Gasteiger partial charge in [-0.3, -0.25) is 19.2 Å². The largest absolute Gasteiger partial charge is 0.465 e. The van der Waals surface area contributed by atoms with E-state index in [1.54, 1.807) is 0 Å². The number of nitrogens with two attached hydrogens (primary N) is 1. The van der Waals surface area contributed by atoms with Gasteiger partial charge in [0.25, 0.3) is 5.79 Å². The summed E-state index contributed by atoms with van der Waals surface area (Å²) in [7, 11) is 1.05. The lowest BCUT2D eigenvalue weighted by Gasteiger charge is -2.48. The lowest BCUT2D eigenvalue weighted by atomic mass is 9.87. The van der Waals surface area contributed by atoms with Crippen LogP contribution >= 0.6 is 0 Å². The average Bonchev–Trinajstić information content (AvgIpc) is 2.92. The minimum absolute atomic E-state index is 0.0542. The van der Waals surface area contributed by atoms with Crippen LogP contribution in [0.1, 0.15) is 27.2 Å². The fourth-order valence-corrected chi connectivity index (χ4v) is 4.01. The minimum Gasteiger partial charge on any atom is -0.465 e. The molecule has 4 N–H and O–H groups in total. The van der Waals surface area contributed by atoms with Crippen molar-refractivity contribution in [1.29, 1.82) is 0 Å². The molecule has 1 saturated heterocycles. The summed E-state index contributed by atoms with van der Waals surface area (Å²) in [6, 6.07) is -1.36. The highest BCUT2D eigenvalue weighted by molar-refractivity contribution is 5.79. The number of carbonyl (C=O) groups is 5. The Hall–Kier alpha value is -3.33. The van der Waals surface area contributed by atoms with Crippen LogP contribution in [0.4, 0.5) is 0 Å².